The molecule has 0 aliphatic rings. The Morgan fingerprint density at radius 1 is 1.29 bits per heavy atom. The summed E-state index contributed by atoms with van der Waals surface area (Å²) in [5.41, 5.74) is 0. The van der Waals surface area contributed by atoms with E-state index in [9.17, 15) is 9.59 Å². The zero-order chi connectivity index (χ0) is 13.3. The Balaban J connectivity index is 3.77. The maximum Gasteiger partial charge on any atom is 0.306 e. The lowest BCUT2D eigenvalue weighted by molar-refractivity contribution is -0.140. The predicted molar refractivity (Wildman–Crippen MR) is 61.8 cm³/mol. The number of carboxylic acids is 1. The fraction of sp³-hybridized carbons (Fsp3) is 0.818. The normalized spacial score (nSPS) is 14.1. The lowest BCUT2D eigenvalue weighted by atomic mass is 10.2. The molecule has 0 aromatic heterocycles. The first-order valence-electron chi connectivity index (χ1n) is 5.53. The van der Waals surface area contributed by atoms with Gasteiger partial charge in [-0.25, -0.2) is 0 Å². The number of ether oxygens (including phenoxy) is 2. The van der Waals surface area contributed by atoms with Crippen molar-refractivity contribution in [2.45, 2.75) is 38.4 Å². The Kier molecular flexibility index (Phi) is 8.35. The second-order valence-corrected chi connectivity index (χ2v) is 3.84. The van der Waals surface area contributed by atoms with Gasteiger partial charge in [-0.15, -0.1) is 0 Å². The fourth-order valence-corrected chi connectivity index (χ4v) is 1.20. The standard InChI is InChI=1S/C11H21NO5/c1-8(16-2)4-5-10(13)12-7-9(17-3)6-11(14)15/h8-9H,4-7H2,1-3H3,(H,12,13)(H,14,15). The second kappa shape index (κ2) is 8.95. The summed E-state index contributed by atoms with van der Waals surface area (Å²) in [6.45, 7) is 2.10. The van der Waals surface area contributed by atoms with Crippen LogP contribution in [0.4, 0.5) is 0 Å². The van der Waals surface area contributed by atoms with Crippen molar-refractivity contribution in [1.29, 1.82) is 0 Å². The Bertz CT molecular complexity index is 244. The number of methoxy groups -OCH3 is 2. The minimum absolute atomic E-state index is 0.0398. The highest BCUT2D eigenvalue weighted by atomic mass is 16.5. The number of nitrogens with one attached hydrogen (secondary N) is 1. The van der Waals surface area contributed by atoms with Crippen LogP contribution in [0.1, 0.15) is 26.2 Å². The van der Waals surface area contributed by atoms with Crippen LogP contribution in [0.3, 0.4) is 0 Å². The maximum absolute atomic E-state index is 11.4. The van der Waals surface area contributed by atoms with Crippen molar-refractivity contribution in [3.63, 3.8) is 0 Å². The molecular weight excluding hydrogens is 226 g/mol. The van der Waals surface area contributed by atoms with Gasteiger partial charge in [-0.1, -0.05) is 0 Å². The topological polar surface area (TPSA) is 84.9 Å². The van der Waals surface area contributed by atoms with E-state index in [1.54, 1.807) is 7.11 Å². The zero-order valence-corrected chi connectivity index (χ0v) is 10.6. The van der Waals surface area contributed by atoms with Crippen molar-refractivity contribution in [2.24, 2.45) is 0 Å². The quantitative estimate of drug-likeness (QED) is 0.616. The first-order chi connectivity index (χ1) is 7.99. The molecule has 0 fully saturated rings. The molecule has 6 nitrogen and oxygen atoms in total. The number of aliphatic carboxylic acids is 1. The number of rotatable bonds is 9. The maximum atomic E-state index is 11.4. The van der Waals surface area contributed by atoms with E-state index >= 15 is 0 Å². The molecule has 17 heavy (non-hydrogen) atoms. The van der Waals surface area contributed by atoms with Crippen LogP contribution in [0.2, 0.25) is 0 Å². The fourth-order valence-electron chi connectivity index (χ4n) is 1.20. The Hall–Kier alpha value is -1.14. The van der Waals surface area contributed by atoms with E-state index < -0.39 is 12.1 Å². The Morgan fingerprint density at radius 3 is 2.41 bits per heavy atom. The molecule has 0 aromatic carbocycles. The van der Waals surface area contributed by atoms with Crippen molar-refractivity contribution in [2.75, 3.05) is 20.8 Å². The lowest BCUT2D eigenvalue weighted by Gasteiger charge is -2.14. The van der Waals surface area contributed by atoms with Gasteiger partial charge in [0.2, 0.25) is 5.91 Å². The summed E-state index contributed by atoms with van der Waals surface area (Å²) in [4.78, 5) is 21.9. The highest BCUT2D eigenvalue weighted by molar-refractivity contribution is 5.76. The van der Waals surface area contributed by atoms with Gasteiger partial charge < -0.3 is 19.9 Å². The molecule has 1 amide bonds. The third-order valence-electron chi connectivity index (χ3n) is 2.44. The molecule has 0 spiro atoms. The molecule has 0 rings (SSSR count). The molecular formula is C11H21NO5. The number of carbonyl (C=O) groups excluding carboxylic acids is 1. The third-order valence-corrected chi connectivity index (χ3v) is 2.44. The largest absolute Gasteiger partial charge is 0.481 e. The molecule has 0 bridgehead atoms. The number of hydrogen-bond acceptors (Lipinski definition) is 4. The summed E-state index contributed by atoms with van der Waals surface area (Å²) in [5, 5.41) is 11.2. The minimum Gasteiger partial charge on any atom is -0.481 e. The number of hydrogen-bond donors (Lipinski definition) is 2. The molecule has 6 heteroatoms. The molecule has 0 aromatic rings. The number of amides is 1. The molecule has 100 valence electrons. The summed E-state index contributed by atoms with van der Waals surface area (Å²) >= 11 is 0. The van der Waals surface area contributed by atoms with Crippen molar-refractivity contribution in [3.05, 3.63) is 0 Å². The highest BCUT2D eigenvalue weighted by Crippen LogP contribution is 2.00. The molecule has 2 atom stereocenters. The van der Waals surface area contributed by atoms with Crippen LogP contribution >= 0.6 is 0 Å². The summed E-state index contributed by atoms with van der Waals surface area (Å²) in [6, 6.07) is 0. The van der Waals surface area contributed by atoms with Crippen LogP contribution in [-0.2, 0) is 19.1 Å². The monoisotopic (exact) mass is 247 g/mol. The molecule has 0 heterocycles. The van der Waals surface area contributed by atoms with E-state index in [1.165, 1.54) is 7.11 Å². The highest BCUT2D eigenvalue weighted by Gasteiger charge is 2.13. The Labute approximate surface area is 101 Å². The van der Waals surface area contributed by atoms with Gasteiger partial charge in [0.1, 0.15) is 0 Å². The predicted octanol–water partition coefficient (Wildman–Crippen LogP) is 0.407. The smallest absolute Gasteiger partial charge is 0.306 e. The lowest BCUT2D eigenvalue weighted by Crippen LogP contribution is -2.34. The number of carbonyl (C=O) groups is 2. The molecule has 2 unspecified atom stereocenters. The number of carboxylic acid groups (broad SMARTS) is 1. The summed E-state index contributed by atoms with van der Waals surface area (Å²) < 4.78 is 9.96. The van der Waals surface area contributed by atoms with Crippen LogP contribution in [0.25, 0.3) is 0 Å². The van der Waals surface area contributed by atoms with Gasteiger partial charge in [0.25, 0.3) is 0 Å². The molecule has 0 aliphatic carbocycles. The third kappa shape index (κ3) is 8.65. The van der Waals surface area contributed by atoms with Crippen molar-refractivity contribution < 1.29 is 24.2 Å². The van der Waals surface area contributed by atoms with Gasteiger partial charge in [-0.3, -0.25) is 9.59 Å². The molecule has 2 N–H and O–H groups in total. The zero-order valence-electron chi connectivity index (χ0n) is 10.6. The van der Waals surface area contributed by atoms with E-state index in [0.717, 1.165) is 0 Å². The SMILES string of the molecule is COC(C)CCC(=O)NCC(CC(=O)O)OC. The first-order valence-corrected chi connectivity index (χ1v) is 5.53. The van der Waals surface area contributed by atoms with Crippen LogP contribution < -0.4 is 5.32 Å². The van der Waals surface area contributed by atoms with Crippen LogP contribution in [0, 0.1) is 0 Å². The summed E-state index contributed by atoms with van der Waals surface area (Å²) in [7, 11) is 3.02. The van der Waals surface area contributed by atoms with Gasteiger partial charge in [0.15, 0.2) is 0 Å². The van der Waals surface area contributed by atoms with Crippen LogP contribution in [-0.4, -0.2) is 50.0 Å². The van der Waals surface area contributed by atoms with E-state index in [2.05, 4.69) is 5.32 Å². The minimum atomic E-state index is -0.945. The second-order valence-electron chi connectivity index (χ2n) is 3.84. The van der Waals surface area contributed by atoms with Crippen LogP contribution in [0.5, 0.6) is 0 Å². The average molecular weight is 247 g/mol. The van der Waals surface area contributed by atoms with Crippen molar-refractivity contribution >= 4 is 11.9 Å². The van der Waals surface area contributed by atoms with Gasteiger partial charge >= 0.3 is 5.97 Å². The first kappa shape index (κ1) is 15.9. The summed E-state index contributed by atoms with van der Waals surface area (Å²) in [6.07, 6.45) is 0.428. The van der Waals surface area contributed by atoms with Crippen molar-refractivity contribution in [1.82, 2.24) is 5.32 Å². The molecule has 0 aliphatic heterocycles. The van der Waals surface area contributed by atoms with Gasteiger partial charge in [0, 0.05) is 27.2 Å². The van der Waals surface area contributed by atoms with Gasteiger partial charge in [-0.2, -0.15) is 0 Å². The summed E-state index contributed by atoms with van der Waals surface area (Å²) in [5.74, 6) is -1.07. The van der Waals surface area contributed by atoms with E-state index in [-0.39, 0.29) is 25.0 Å². The molecule has 0 radical (unpaired) electrons. The average Bonchev–Trinajstić information content (AvgIpc) is 2.30. The van der Waals surface area contributed by atoms with Crippen LogP contribution in [0.15, 0.2) is 0 Å². The van der Waals surface area contributed by atoms with Gasteiger partial charge in [0.05, 0.1) is 18.6 Å². The molecule has 0 saturated heterocycles. The molecule has 0 saturated carbocycles. The van der Waals surface area contributed by atoms with E-state index in [4.69, 9.17) is 14.6 Å². The van der Waals surface area contributed by atoms with E-state index in [1.807, 2.05) is 6.92 Å². The van der Waals surface area contributed by atoms with E-state index in [0.29, 0.717) is 12.8 Å². The van der Waals surface area contributed by atoms with Gasteiger partial charge in [-0.05, 0) is 13.3 Å². The Morgan fingerprint density at radius 2 is 1.94 bits per heavy atom. The van der Waals surface area contributed by atoms with Crippen molar-refractivity contribution in [3.8, 4) is 0 Å².